The first kappa shape index (κ1) is 18.0. The van der Waals surface area contributed by atoms with Crippen LogP contribution in [0, 0.1) is 25.2 Å². The van der Waals surface area contributed by atoms with Gasteiger partial charge in [0.1, 0.15) is 11.5 Å². The van der Waals surface area contributed by atoms with E-state index >= 15 is 0 Å². The van der Waals surface area contributed by atoms with Crippen LogP contribution in [0.25, 0.3) is 0 Å². The molecule has 0 radical (unpaired) electrons. The third-order valence-electron chi connectivity index (χ3n) is 5.94. The van der Waals surface area contributed by atoms with E-state index in [0.29, 0.717) is 6.54 Å². The van der Waals surface area contributed by atoms with Crippen LogP contribution in [0.4, 0.5) is 0 Å². The highest BCUT2D eigenvalue weighted by atomic mass is 16.3. The molecule has 2 saturated heterocycles. The summed E-state index contributed by atoms with van der Waals surface area (Å²) in [7, 11) is 3.46. The Hall–Kier alpha value is -1.82. The van der Waals surface area contributed by atoms with Gasteiger partial charge in [-0.3, -0.25) is 14.5 Å². The van der Waals surface area contributed by atoms with Gasteiger partial charge >= 0.3 is 0 Å². The van der Waals surface area contributed by atoms with E-state index < -0.39 is 0 Å². The van der Waals surface area contributed by atoms with Gasteiger partial charge in [0.2, 0.25) is 11.8 Å². The van der Waals surface area contributed by atoms with Gasteiger partial charge in [0.25, 0.3) is 0 Å². The zero-order valence-electron chi connectivity index (χ0n) is 16.0. The third-order valence-corrected chi connectivity index (χ3v) is 5.94. The molecule has 0 bridgehead atoms. The first-order chi connectivity index (χ1) is 11.7. The molecule has 2 fully saturated rings. The van der Waals surface area contributed by atoms with Crippen molar-refractivity contribution in [2.75, 3.05) is 40.3 Å². The standard InChI is InChI=1S/C19H29N3O3/c1-13-8-16(25-15(13)3)10-21-9-14(2)19(12-21)6-7-22(18(19)24)11-17(23)20(4)5/h8,14H,6-7,9-12H2,1-5H3/t14-,19-/m1/s1. The number of likely N-dealkylation sites (tertiary alicyclic amines) is 2. The lowest BCUT2D eigenvalue weighted by molar-refractivity contribution is -0.142. The molecule has 3 heterocycles. The van der Waals surface area contributed by atoms with Crippen molar-refractivity contribution in [3.8, 4) is 0 Å². The third kappa shape index (κ3) is 3.19. The van der Waals surface area contributed by atoms with Crippen molar-refractivity contribution < 1.29 is 14.0 Å². The molecule has 2 atom stereocenters. The van der Waals surface area contributed by atoms with Crippen LogP contribution in [0.5, 0.6) is 0 Å². The molecule has 1 aromatic rings. The summed E-state index contributed by atoms with van der Waals surface area (Å²) in [5, 5.41) is 0. The molecule has 25 heavy (non-hydrogen) atoms. The van der Waals surface area contributed by atoms with Crippen molar-refractivity contribution in [3.05, 3.63) is 23.2 Å². The molecular weight excluding hydrogens is 318 g/mol. The number of hydrogen-bond donors (Lipinski definition) is 0. The smallest absolute Gasteiger partial charge is 0.241 e. The van der Waals surface area contributed by atoms with Crippen LogP contribution in [0.2, 0.25) is 0 Å². The van der Waals surface area contributed by atoms with Crippen molar-refractivity contribution in [2.45, 2.75) is 33.7 Å². The van der Waals surface area contributed by atoms with Crippen molar-refractivity contribution >= 4 is 11.8 Å². The summed E-state index contributed by atoms with van der Waals surface area (Å²) < 4.78 is 5.80. The van der Waals surface area contributed by atoms with Gasteiger partial charge in [0.15, 0.2) is 0 Å². The van der Waals surface area contributed by atoms with Crippen molar-refractivity contribution in [1.29, 1.82) is 0 Å². The maximum atomic E-state index is 13.1. The number of rotatable bonds is 4. The molecule has 0 aromatic carbocycles. The Morgan fingerprint density at radius 2 is 2.12 bits per heavy atom. The normalized spacial score (nSPS) is 26.8. The van der Waals surface area contributed by atoms with Crippen LogP contribution < -0.4 is 0 Å². The van der Waals surface area contributed by atoms with E-state index in [-0.39, 0.29) is 29.7 Å². The topological polar surface area (TPSA) is 57.0 Å². The highest BCUT2D eigenvalue weighted by Crippen LogP contribution is 2.45. The van der Waals surface area contributed by atoms with E-state index in [0.717, 1.165) is 37.6 Å². The quantitative estimate of drug-likeness (QED) is 0.831. The predicted molar refractivity (Wildman–Crippen MR) is 94.9 cm³/mol. The number of carbonyl (C=O) groups is 2. The van der Waals surface area contributed by atoms with Crippen molar-refractivity contribution in [1.82, 2.24) is 14.7 Å². The average Bonchev–Trinajstić information content (AvgIpc) is 3.12. The Kier molecular flexibility index (Phi) is 4.66. The molecule has 3 rings (SSSR count). The Labute approximate surface area is 149 Å². The molecule has 138 valence electrons. The second-order valence-corrected chi connectivity index (χ2v) is 7.94. The lowest BCUT2D eigenvalue weighted by Crippen LogP contribution is -2.43. The van der Waals surface area contributed by atoms with Gasteiger partial charge in [-0.25, -0.2) is 0 Å². The van der Waals surface area contributed by atoms with Gasteiger partial charge in [-0.15, -0.1) is 0 Å². The Balaban J connectivity index is 1.68. The fourth-order valence-electron chi connectivity index (χ4n) is 4.17. The van der Waals surface area contributed by atoms with E-state index in [2.05, 4.69) is 24.8 Å². The summed E-state index contributed by atoms with van der Waals surface area (Å²) in [4.78, 5) is 30.6. The molecule has 0 N–H and O–H groups in total. The maximum Gasteiger partial charge on any atom is 0.241 e. The molecule has 0 unspecified atom stereocenters. The van der Waals surface area contributed by atoms with Gasteiger partial charge in [-0.2, -0.15) is 0 Å². The van der Waals surface area contributed by atoms with E-state index in [1.807, 2.05) is 6.92 Å². The average molecular weight is 347 g/mol. The van der Waals surface area contributed by atoms with Crippen LogP contribution in [-0.2, 0) is 16.1 Å². The predicted octanol–water partition coefficient (Wildman–Crippen LogP) is 1.66. The summed E-state index contributed by atoms with van der Waals surface area (Å²) in [6, 6.07) is 2.09. The number of furan rings is 1. The molecule has 2 amide bonds. The summed E-state index contributed by atoms with van der Waals surface area (Å²) >= 11 is 0. The molecule has 2 aliphatic heterocycles. The minimum absolute atomic E-state index is 0.0190. The first-order valence-electron chi connectivity index (χ1n) is 9.01. The number of nitrogens with zero attached hydrogens (tertiary/aromatic N) is 3. The monoisotopic (exact) mass is 347 g/mol. The van der Waals surface area contributed by atoms with Crippen LogP contribution in [0.1, 0.15) is 30.4 Å². The van der Waals surface area contributed by atoms with Gasteiger partial charge in [-0.05, 0) is 37.8 Å². The number of likely N-dealkylation sites (N-methyl/N-ethyl adjacent to an activating group) is 1. The minimum Gasteiger partial charge on any atom is -0.465 e. The number of carbonyl (C=O) groups excluding carboxylic acids is 2. The first-order valence-corrected chi connectivity index (χ1v) is 9.01. The largest absolute Gasteiger partial charge is 0.465 e. The van der Waals surface area contributed by atoms with Crippen LogP contribution in [-0.4, -0.2) is 66.8 Å². The minimum atomic E-state index is -0.344. The fraction of sp³-hybridized carbons (Fsp3) is 0.684. The van der Waals surface area contributed by atoms with Crippen LogP contribution >= 0.6 is 0 Å². The van der Waals surface area contributed by atoms with Gasteiger partial charge < -0.3 is 14.2 Å². The van der Waals surface area contributed by atoms with Crippen LogP contribution in [0.15, 0.2) is 10.5 Å². The molecule has 1 aromatic heterocycles. The van der Waals surface area contributed by atoms with Crippen LogP contribution in [0.3, 0.4) is 0 Å². The molecule has 2 aliphatic rings. The molecule has 6 heteroatoms. The van der Waals surface area contributed by atoms with Gasteiger partial charge in [-0.1, -0.05) is 6.92 Å². The highest BCUT2D eigenvalue weighted by Gasteiger charge is 2.55. The number of hydrogen-bond acceptors (Lipinski definition) is 4. The zero-order valence-corrected chi connectivity index (χ0v) is 16.0. The molecule has 6 nitrogen and oxygen atoms in total. The van der Waals surface area contributed by atoms with Gasteiger partial charge in [0, 0.05) is 33.7 Å². The summed E-state index contributed by atoms with van der Waals surface area (Å²) in [5.74, 6) is 2.34. The lowest BCUT2D eigenvalue weighted by atomic mass is 9.78. The second kappa shape index (κ2) is 6.48. The van der Waals surface area contributed by atoms with Crippen molar-refractivity contribution in [2.24, 2.45) is 11.3 Å². The van der Waals surface area contributed by atoms with E-state index in [1.165, 1.54) is 5.56 Å². The maximum absolute atomic E-state index is 13.1. The number of aryl methyl sites for hydroxylation is 2. The van der Waals surface area contributed by atoms with E-state index in [9.17, 15) is 9.59 Å². The summed E-state index contributed by atoms with van der Waals surface area (Å²) in [6.45, 7) is 9.44. The molecule has 0 aliphatic carbocycles. The molecule has 0 saturated carbocycles. The van der Waals surface area contributed by atoms with Gasteiger partial charge in [0.05, 0.1) is 18.5 Å². The molecule has 1 spiro atoms. The van der Waals surface area contributed by atoms with E-state index in [1.54, 1.807) is 23.9 Å². The SMILES string of the molecule is Cc1cc(CN2C[C@@H](C)[C@@]3(CCN(CC(=O)N(C)C)C3=O)C2)oc1C. The summed E-state index contributed by atoms with van der Waals surface area (Å²) in [5.41, 5.74) is 0.825. The Morgan fingerprint density at radius 1 is 1.40 bits per heavy atom. The Morgan fingerprint density at radius 3 is 2.72 bits per heavy atom. The van der Waals surface area contributed by atoms with Crippen molar-refractivity contribution in [3.63, 3.8) is 0 Å². The summed E-state index contributed by atoms with van der Waals surface area (Å²) in [6.07, 6.45) is 0.834. The second-order valence-electron chi connectivity index (χ2n) is 7.94. The fourth-order valence-corrected chi connectivity index (χ4v) is 4.17. The lowest BCUT2D eigenvalue weighted by Gasteiger charge is -2.27. The highest BCUT2D eigenvalue weighted by molar-refractivity contribution is 5.90. The Bertz CT molecular complexity index is 662. The zero-order chi connectivity index (χ0) is 18.4. The molecular formula is C19H29N3O3. The van der Waals surface area contributed by atoms with E-state index in [4.69, 9.17) is 4.42 Å². The number of amides is 2.